The van der Waals surface area contributed by atoms with Crippen molar-refractivity contribution < 1.29 is 8.81 Å². The Morgan fingerprint density at radius 3 is 3.12 bits per heavy atom. The molecule has 1 aromatic carbocycles. The van der Waals surface area contributed by atoms with Crippen LogP contribution in [0.15, 0.2) is 22.6 Å². The second-order valence-electron chi connectivity index (χ2n) is 3.55. The van der Waals surface area contributed by atoms with E-state index >= 15 is 0 Å². The highest BCUT2D eigenvalue weighted by atomic mass is 32.2. The maximum Gasteiger partial charge on any atom is 0.212 e. The number of benzene rings is 1. The minimum absolute atomic E-state index is 0.220. The van der Waals surface area contributed by atoms with Crippen LogP contribution in [0.1, 0.15) is 18.4 Å². The van der Waals surface area contributed by atoms with Gasteiger partial charge in [-0.1, -0.05) is 0 Å². The first-order valence-corrected chi connectivity index (χ1v) is 6.40. The molecule has 0 aliphatic heterocycles. The van der Waals surface area contributed by atoms with E-state index in [0.717, 1.165) is 12.2 Å². The second kappa shape index (κ2) is 4.84. The van der Waals surface area contributed by atoms with Crippen LogP contribution in [0.25, 0.3) is 11.1 Å². The van der Waals surface area contributed by atoms with Gasteiger partial charge in [-0.3, -0.25) is 0 Å². The predicted octanol–water partition coefficient (Wildman–Crippen LogP) is 2.72. The highest BCUT2D eigenvalue weighted by Gasteiger charge is 2.13. The molecule has 0 saturated carbocycles. The van der Waals surface area contributed by atoms with Crippen LogP contribution in [0.2, 0.25) is 0 Å². The summed E-state index contributed by atoms with van der Waals surface area (Å²) < 4.78 is 18.4. The number of thioether (sulfide) groups is 1. The number of hydrogen-bond acceptors (Lipinski definition) is 4. The van der Waals surface area contributed by atoms with Gasteiger partial charge >= 0.3 is 0 Å². The Hall–Kier alpha value is -1.07. The standard InChI is InChI=1S/C11H13FN2OS/c1-16-5-4-8(13)11-14-9-6-7(12)2-3-10(9)15-11/h2-3,6,8H,4-5,13H2,1H3. The monoisotopic (exact) mass is 240 g/mol. The lowest BCUT2D eigenvalue weighted by molar-refractivity contribution is 0.470. The molecule has 1 unspecified atom stereocenters. The summed E-state index contributed by atoms with van der Waals surface area (Å²) >= 11 is 1.72. The summed E-state index contributed by atoms with van der Waals surface area (Å²) in [6.07, 6.45) is 2.82. The van der Waals surface area contributed by atoms with E-state index in [1.165, 1.54) is 12.1 Å². The minimum atomic E-state index is -0.315. The molecule has 3 nitrogen and oxygen atoms in total. The molecule has 86 valence electrons. The zero-order chi connectivity index (χ0) is 11.5. The first-order valence-electron chi connectivity index (χ1n) is 5.01. The van der Waals surface area contributed by atoms with Crippen molar-refractivity contribution in [3.05, 3.63) is 29.9 Å². The van der Waals surface area contributed by atoms with Gasteiger partial charge in [0, 0.05) is 6.07 Å². The molecule has 1 atom stereocenters. The first-order chi connectivity index (χ1) is 7.70. The molecule has 2 N–H and O–H groups in total. The SMILES string of the molecule is CSCCC(N)c1nc2cc(F)ccc2o1. The van der Waals surface area contributed by atoms with E-state index in [1.807, 2.05) is 6.26 Å². The average molecular weight is 240 g/mol. The molecule has 2 rings (SSSR count). The van der Waals surface area contributed by atoms with Crippen molar-refractivity contribution in [1.82, 2.24) is 4.98 Å². The maximum atomic E-state index is 12.9. The van der Waals surface area contributed by atoms with Gasteiger partial charge in [-0.25, -0.2) is 9.37 Å². The van der Waals surface area contributed by atoms with Crippen molar-refractivity contribution in [1.29, 1.82) is 0 Å². The number of nitrogens with zero attached hydrogens (tertiary/aromatic N) is 1. The molecule has 0 amide bonds. The maximum absolute atomic E-state index is 12.9. The van der Waals surface area contributed by atoms with Crippen LogP contribution in [-0.2, 0) is 0 Å². The van der Waals surface area contributed by atoms with Gasteiger partial charge in [0.2, 0.25) is 5.89 Å². The Labute approximate surface area is 97.2 Å². The van der Waals surface area contributed by atoms with Crippen molar-refractivity contribution >= 4 is 22.9 Å². The summed E-state index contributed by atoms with van der Waals surface area (Å²) in [5.41, 5.74) is 7.02. The molecule has 0 aliphatic rings. The Morgan fingerprint density at radius 2 is 2.38 bits per heavy atom. The minimum Gasteiger partial charge on any atom is -0.439 e. The fourth-order valence-corrected chi connectivity index (χ4v) is 1.93. The van der Waals surface area contributed by atoms with Crippen LogP contribution < -0.4 is 5.73 Å². The Balaban J connectivity index is 2.25. The summed E-state index contributed by atoms with van der Waals surface area (Å²) in [6, 6.07) is 4.06. The Kier molecular flexibility index (Phi) is 3.46. The van der Waals surface area contributed by atoms with Gasteiger partial charge in [-0.2, -0.15) is 11.8 Å². The molecule has 0 bridgehead atoms. The van der Waals surface area contributed by atoms with E-state index in [2.05, 4.69) is 4.98 Å². The molecule has 1 heterocycles. The molecular formula is C11H13FN2OS. The smallest absolute Gasteiger partial charge is 0.212 e. The summed E-state index contributed by atoms with van der Waals surface area (Å²) in [4.78, 5) is 4.19. The third kappa shape index (κ3) is 2.36. The third-order valence-corrected chi connectivity index (χ3v) is 2.96. The van der Waals surface area contributed by atoms with Gasteiger partial charge in [-0.15, -0.1) is 0 Å². The lowest BCUT2D eigenvalue weighted by atomic mass is 10.2. The van der Waals surface area contributed by atoms with Gasteiger partial charge in [0.15, 0.2) is 5.58 Å². The second-order valence-corrected chi connectivity index (χ2v) is 4.54. The topological polar surface area (TPSA) is 52.0 Å². The van der Waals surface area contributed by atoms with E-state index < -0.39 is 0 Å². The molecule has 1 aromatic heterocycles. The molecule has 0 spiro atoms. The summed E-state index contributed by atoms with van der Waals surface area (Å²) in [5, 5.41) is 0. The molecule has 16 heavy (non-hydrogen) atoms. The molecule has 0 radical (unpaired) electrons. The predicted molar refractivity (Wildman–Crippen MR) is 63.9 cm³/mol. The molecule has 0 aliphatic carbocycles. The number of hydrogen-bond donors (Lipinski definition) is 1. The van der Waals surface area contributed by atoms with Gasteiger partial charge in [0.1, 0.15) is 11.3 Å². The summed E-state index contributed by atoms with van der Waals surface area (Å²) in [6.45, 7) is 0. The number of rotatable bonds is 4. The van der Waals surface area contributed by atoms with Crippen molar-refractivity contribution in [2.75, 3.05) is 12.0 Å². The van der Waals surface area contributed by atoms with Gasteiger partial charge < -0.3 is 10.2 Å². The molecule has 2 aromatic rings. The fourth-order valence-electron chi connectivity index (χ4n) is 1.45. The van der Waals surface area contributed by atoms with Crippen molar-refractivity contribution in [3.8, 4) is 0 Å². The molecule has 5 heteroatoms. The quantitative estimate of drug-likeness (QED) is 0.892. The van der Waals surface area contributed by atoms with Crippen LogP contribution in [0.4, 0.5) is 4.39 Å². The average Bonchev–Trinajstić information content (AvgIpc) is 2.68. The number of oxazole rings is 1. The van der Waals surface area contributed by atoms with Crippen LogP contribution in [0.3, 0.4) is 0 Å². The van der Waals surface area contributed by atoms with Crippen LogP contribution in [0, 0.1) is 5.82 Å². The van der Waals surface area contributed by atoms with Crippen molar-refractivity contribution in [3.63, 3.8) is 0 Å². The van der Waals surface area contributed by atoms with E-state index in [1.54, 1.807) is 17.8 Å². The fraction of sp³-hybridized carbons (Fsp3) is 0.364. The van der Waals surface area contributed by atoms with Gasteiger partial charge in [-0.05, 0) is 30.6 Å². The molecular weight excluding hydrogens is 227 g/mol. The zero-order valence-corrected chi connectivity index (χ0v) is 9.76. The Morgan fingerprint density at radius 1 is 1.56 bits per heavy atom. The number of halogens is 1. The number of fused-ring (bicyclic) bond motifs is 1. The van der Waals surface area contributed by atoms with Crippen molar-refractivity contribution in [2.24, 2.45) is 5.73 Å². The van der Waals surface area contributed by atoms with Gasteiger partial charge in [0.05, 0.1) is 6.04 Å². The highest BCUT2D eigenvalue weighted by molar-refractivity contribution is 7.98. The molecule has 0 saturated heterocycles. The molecule has 0 fully saturated rings. The van der Waals surface area contributed by atoms with E-state index in [-0.39, 0.29) is 11.9 Å². The largest absolute Gasteiger partial charge is 0.439 e. The van der Waals surface area contributed by atoms with E-state index in [0.29, 0.717) is 17.0 Å². The number of nitrogens with two attached hydrogens (primary N) is 1. The Bertz CT molecular complexity index is 486. The normalized spacial score (nSPS) is 13.2. The lowest BCUT2D eigenvalue weighted by Crippen LogP contribution is -2.11. The van der Waals surface area contributed by atoms with E-state index in [9.17, 15) is 4.39 Å². The third-order valence-electron chi connectivity index (χ3n) is 2.32. The number of aromatic nitrogens is 1. The summed E-state index contributed by atoms with van der Waals surface area (Å²) in [7, 11) is 0. The summed E-state index contributed by atoms with van der Waals surface area (Å²) in [5.74, 6) is 1.12. The van der Waals surface area contributed by atoms with Crippen LogP contribution in [-0.4, -0.2) is 17.0 Å². The van der Waals surface area contributed by atoms with E-state index in [4.69, 9.17) is 10.2 Å². The highest BCUT2D eigenvalue weighted by Crippen LogP contribution is 2.22. The van der Waals surface area contributed by atoms with Crippen molar-refractivity contribution in [2.45, 2.75) is 12.5 Å². The first kappa shape index (κ1) is 11.4. The zero-order valence-electron chi connectivity index (χ0n) is 8.94. The van der Waals surface area contributed by atoms with Crippen LogP contribution >= 0.6 is 11.8 Å². The van der Waals surface area contributed by atoms with Gasteiger partial charge in [0.25, 0.3) is 0 Å². The van der Waals surface area contributed by atoms with Crippen LogP contribution in [0.5, 0.6) is 0 Å². The lowest BCUT2D eigenvalue weighted by Gasteiger charge is -2.04.